The van der Waals surface area contributed by atoms with E-state index in [-0.39, 0.29) is 11.7 Å². The Morgan fingerprint density at radius 2 is 1.83 bits per heavy atom. The van der Waals surface area contributed by atoms with Gasteiger partial charge in [-0.2, -0.15) is 0 Å². The highest BCUT2D eigenvalue weighted by Gasteiger charge is 2.19. The first-order valence-corrected chi connectivity index (χ1v) is 6.29. The standard InChI is InChI=1S/C16H17NO/c1-2-16(18)15(13-8-4-3-5-9-13)12-14-10-6-7-11-17-14/h3-11,15H,2,12H2,1H3. The smallest absolute Gasteiger partial charge is 0.140 e. The number of pyridine rings is 1. The summed E-state index contributed by atoms with van der Waals surface area (Å²) in [6.45, 7) is 1.91. The fraction of sp³-hybridized carbons (Fsp3) is 0.250. The second kappa shape index (κ2) is 6.10. The minimum absolute atomic E-state index is 0.0777. The lowest BCUT2D eigenvalue weighted by Gasteiger charge is -2.15. The van der Waals surface area contributed by atoms with Crippen molar-refractivity contribution in [2.45, 2.75) is 25.7 Å². The van der Waals surface area contributed by atoms with Crippen molar-refractivity contribution >= 4 is 5.78 Å². The maximum atomic E-state index is 12.1. The molecule has 0 bridgehead atoms. The molecule has 0 saturated carbocycles. The number of rotatable bonds is 5. The minimum atomic E-state index is -0.0777. The topological polar surface area (TPSA) is 30.0 Å². The highest BCUT2D eigenvalue weighted by Crippen LogP contribution is 2.22. The molecule has 0 aliphatic rings. The molecule has 0 N–H and O–H groups in total. The largest absolute Gasteiger partial charge is 0.299 e. The van der Waals surface area contributed by atoms with Gasteiger partial charge in [-0.05, 0) is 17.7 Å². The zero-order chi connectivity index (χ0) is 12.8. The van der Waals surface area contributed by atoms with Gasteiger partial charge in [0.25, 0.3) is 0 Å². The minimum Gasteiger partial charge on any atom is -0.299 e. The third kappa shape index (κ3) is 3.04. The molecule has 1 aromatic carbocycles. The molecule has 1 aromatic heterocycles. The molecule has 2 nitrogen and oxygen atoms in total. The Kier molecular flexibility index (Phi) is 4.24. The van der Waals surface area contributed by atoms with Crippen LogP contribution in [0.3, 0.4) is 0 Å². The van der Waals surface area contributed by atoms with E-state index in [4.69, 9.17) is 0 Å². The van der Waals surface area contributed by atoms with Crippen LogP contribution in [0.5, 0.6) is 0 Å². The first-order chi connectivity index (χ1) is 8.81. The second-order valence-electron chi connectivity index (χ2n) is 4.31. The number of carbonyl (C=O) groups excluding carboxylic acids is 1. The lowest BCUT2D eigenvalue weighted by atomic mass is 9.89. The Bertz CT molecular complexity index is 493. The summed E-state index contributed by atoms with van der Waals surface area (Å²) < 4.78 is 0. The molecule has 92 valence electrons. The maximum absolute atomic E-state index is 12.1. The molecular formula is C16H17NO. The predicted molar refractivity (Wildman–Crippen MR) is 72.4 cm³/mol. The van der Waals surface area contributed by atoms with Crippen LogP contribution in [0.25, 0.3) is 0 Å². The van der Waals surface area contributed by atoms with Crippen molar-refractivity contribution in [1.82, 2.24) is 4.98 Å². The molecular weight excluding hydrogens is 222 g/mol. The van der Waals surface area contributed by atoms with E-state index < -0.39 is 0 Å². The Morgan fingerprint density at radius 3 is 2.44 bits per heavy atom. The molecule has 1 unspecified atom stereocenters. The fourth-order valence-corrected chi connectivity index (χ4v) is 2.08. The van der Waals surface area contributed by atoms with Crippen molar-refractivity contribution in [3.05, 3.63) is 66.0 Å². The van der Waals surface area contributed by atoms with Crippen molar-refractivity contribution in [3.63, 3.8) is 0 Å². The highest BCUT2D eigenvalue weighted by molar-refractivity contribution is 5.85. The molecule has 1 heterocycles. The molecule has 0 amide bonds. The number of hydrogen-bond acceptors (Lipinski definition) is 2. The van der Waals surface area contributed by atoms with Gasteiger partial charge in [0.05, 0.1) is 0 Å². The Labute approximate surface area is 108 Å². The number of nitrogens with zero attached hydrogens (tertiary/aromatic N) is 1. The second-order valence-corrected chi connectivity index (χ2v) is 4.31. The third-order valence-electron chi connectivity index (χ3n) is 3.08. The van der Waals surface area contributed by atoms with Gasteiger partial charge in [-0.25, -0.2) is 0 Å². The van der Waals surface area contributed by atoms with Crippen LogP contribution in [0.2, 0.25) is 0 Å². The zero-order valence-electron chi connectivity index (χ0n) is 10.5. The molecule has 0 aliphatic carbocycles. The summed E-state index contributed by atoms with van der Waals surface area (Å²) in [6, 6.07) is 15.8. The summed E-state index contributed by atoms with van der Waals surface area (Å²) in [5.74, 6) is 0.193. The average molecular weight is 239 g/mol. The van der Waals surface area contributed by atoms with E-state index in [1.165, 1.54) is 0 Å². The summed E-state index contributed by atoms with van der Waals surface area (Å²) >= 11 is 0. The van der Waals surface area contributed by atoms with E-state index in [2.05, 4.69) is 4.98 Å². The van der Waals surface area contributed by atoms with E-state index in [1.54, 1.807) is 6.20 Å². The molecule has 2 aromatic rings. The summed E-state index contributed by atoms with van der Waals surface area (Å²) in [6.07, 6.45) is 3.01. The number of aromatic nitrogens is 1. The van der Waals surface area contributed by atoms with Crippen LogP contribution in [0.1, 0.15) is 30.5 Å². The molecule has 0 fully saturated rings. The van der Waals surface area contributed by atoms with Crippen LogP contribution < -0.4 is 0 Å². The van der Waals surface area contributed by atoms with Crippen molar-refractivity contribution < 1.29 is 4.79 Å². The Morgan fingerprint density at radius 1 is 1.11 bits per heavy atom. The summed E-state index contributed by atoms with van der Waals surface area (Å²) in [5, 5.41) is 0. The molecule has 0 radical (unpaired) electrons. The van der Waals surface area contributed by atoms with E-state index in [1.807, 2.05) is 55.5 Å². The maximum Gasteiger partial charge on any atom is 0.140 e. The number of ketones is 1. The van der Waals surface area contributed by atoms with Gasteiger partial charge in [-0.3, -0.25) is 9.78 Å². The van der Waals surface area contributed by atoms with Crippen LogP contribution in [-0.2, 0) is 11.2 Å². The van der Waals surface area contributed by atoms with E-state index in [9.17, 15) is 4.79 Å². The first kappa shape index (κ1) is 12.5. The predicted octanol–water partition coefficient (Wildman–Crippen LogP) is 3.39. The van der Waals surface area contributed by atoms with Gasteiger partial charge in [0.15, 0.2) is 0 Å². The van der Waals surface area contributed by atoms with Gasteiger partial charge in [0, 0.05) is 30.7 Å². The normalized spacial score (nSPS) is 12.1. The van der Waals surface area contributed by atoms with Crippen LogP contribution in [-0.4, -0.2) is 10.8 Å². The molecule has 2 rings (SSSR count). The molecule has 0 spiro atoms. The lowest BCUT2D eigenvalue weighted by molar-refractivity contribution is -0.120. The molecule has 0 aliphatic heterocycles. The molecule has 1 atom stereocenters. The van der Waals surface area contributed by atoms with Crippen molar-refractivity contribution in [2.75, 3.05) is 0 Å². The van der Waals surface area contributed by atoms with Gasteiger partial charge in [-0.15, -0.1) is 0 Å². The zero-order valence-corrected chi connectivity index (χ0v) is 10.5. The van der Waals surface area contributed by atoms with Crippen molar-refractivity contribution in [1.29, 1.82) is 0 Å². The van der Waals surface area contributed by atoms with Gasteiger partial charge in [0.1, 0.15) is 5.78 Å². The third-order valence-corrected chi connectivity index (χ3v) is 3.08. The average Bonchev–Trinajstić information content (AvgIpc) is 2.46. The summed E-state index contributed by atoms with van der Waals surface area (Å²) in [5.41, 5.74) is 2.04. The number of hydrogen-bond donors (Lipinski definition) is 0. The Hall–Kier alpha value is -1.96. The first-order valence-electron chi connectivity index (χ1n) is 6.29. The molecule has 2 heteroatoms. The lowest BCUT2D eigenvalue weighted by Crippen LogP contribution is -2.14. The van der Waals surface area contributed by atoms with E-state index in [0.717, 1.165) is 11.3 Å². The van der Waals surface area contributed by atoms with Crippen molar-refractivity contribution in [2.24, 2.45) is 0 Å². The number of Topliss-reactive ketones (excluding diaryl/α,β-unsaturated/α-hetero) is 1. The number of benzene rings is 1. The monoisotopic (exact) mass is 239 g/mol. The highest BCUT2D eigenvalue weighted by atomic mass is 16.1. The summed E-state index contributed by atoms with van der Waals surface area (Å²) in [7, 11) is 0. The SMILES string of the molecule is CCC(=O)C(Cc1ccccn1)c1ccccc1. The van der Waals surface area contributed by atoms with Crippen LogP contribution in [0.15, 0.2) is 54.7 Å². The molecule has 18 heavy (non-hydrogen) atoms. The van der Waals surface area contributed by atoms with Crippen LogP contribution in [0, 0.1) is 0 Å². The number of carbonyl (C=O) groups is 1. The van der Waals surface area contributed by atoms with Crippen LogP contribution >= 0.6 is 0 Å². The summed E-state index contributed by atoms with van der Waals surface area (Å²) in [4.78, 5) is 16.4. The van der Waals surface area contributed by atoms with Crippen LogP contribution in [0.4, 0.5) is 0 Å². The molecule has 0 saturated heterocycles. The van der Waals surface area contributed by atoms with Gasteiger partial charge in [0.2, 0.25) is 0 Å². The van der Waals surface area contributed by atoms with Gasteiger partial charge < -0.3 is 0 Å². The quantitative estimate of drug-likeness (QED) is 0.800. The van der Waals surface area contributed by atoms with E-state index >= 15 is 0 Å². The van der Waals surface area contributed by atoms with Crippen molar-refractivity contribution in [3.8, 4) is 0 Å². The van der Waals surface area contributed by atoms with Gasteiger partial charge >= 0.3 is 0 Å². The van der Waals surface area contributed by atoms with Gasteiger partial charge in [-0.1, -0.05) is 43.3 Å². The van der Waals surface area contributed by atoms with E-state index in [0.29, 0.717) is 12.8 Å². The fourth-order valence-electron chi connectivity index (χ4n) is 2.08. The Balaban J connectivity index is 2.24.